The van der Waals surface area contributed by atoms with E-state index in [1.807, 2.05) is 35.2 Å². The van der Waals surface area contributed by atoms with Gasteiger partial charge in [0.05, 0.1) is 5.69 Å². The average molecular weight is 402 g/mol. The first-order valence-electron chi connectivity index (χ1n) is 9.20. The van der Waals surface area contributed by atoms with E-state index in [9.17, 15) is 14.0 Å². The van der Waals surface area contributed by atoms with Crippen LogP contribution >= 0.6 is 11.8 Å². The third-order valence-corrected chi connectivity index (χ3v) is 5.64. The molecule has 1 saturated heterocycles. The van der Waals surface area contributed by atoms with Gasteiger partial charge in [-0.25, -0.2) is 4.39 Å². The minimum Gasteiger partial charge on any atom is -0.455 e. The Labute approximate surface area is 168 Å². The van der Waals surface area contributed by atoms with Gasteiger partial charge in [-0.2, -0.15) is 0 Å². The largest absolute Gasteiger partial charge is 0.455 e. The number of rotatable bonds is 6. The molecule has 1 unspecified atom stereocenters. The molecule has 7 heteroatoms. The molecular formula is C21H23FN2O3S. The number of nitrogens with zero attached hydrogens (tertiary/aromatic N) is 2. The number of para-hydroxylation sites is 1. The summed E-state index contributed by atoms with van der Waals surface area (Å²) in [4.78, 5) is 29.0. The lowest BCUT2D eigenvalue weighted by Gasteiger charge is -2.36. The molecule has 1 aliphatic rings. The van der Waals surface area contributed by atoms with Gasteiger partial charge in [0.2, 0.25) is 0 Å². The van der Waals surface area contributed by atoms with Gasteiger partial charge in [0.25, 0.3) is 5.91 Å². The van der Waals surface area contributed by atoms with Crippen molar-refractivity contribution in [2.45, 2.75) is 17.1 Å². The van der Waals surface area contributed by atoms with Crippen LogP contribution in [0.5, 0.6) is 0 Å². The first-order chi connectivity index (χ1) is 13.5. The van der Waals surface area contributed by atoms with Gasteiger partial charge in [-0.05, 0) is 31.2 Å². The fourth-order valence-electron chi connectivity index (χ4n) is 3.00. The summed E-state index contributed by atoms with van der Waals surface area (Å²) in [6.45, 7) is 3.52. The maximum Gasteiger partial charge on any atom is 0.319 e. The molecule has 148 valence electrons. The third kappa shape index (κ3) is 5.25. The molecule has 2 aromatic rings. The van der Waals surface area contributed by atoms with Gasteiger partial charge in [0, 0.05) is 31.1 Å². The molecular weight excluding hydrogens is 379 g/mol. The molecule has 1 fully saturated rings. The first kappa shape index (κ1) is 20.2. The molecule has 0 bridgehead atoms. The molecule has 28 heavy (non-hydrogen) atoms. The molecule has 0 saturated carbocycles. The van der Waals surface area contributed by atoms with Gasteiger partial charge >= 0.3 is 5.97 Å². The summed E-state index contributed by atoms with van der Waals surface area (Å²) < 4.78 is 19.1. The van der Waals surface area contributed by atoms with Crippen LogP contribution < -0.4 is 4.90 Å². The summed E-state index contributed by atoms with van der Waals surface area (Å²) in [5, 5.41) is -0.395. The molecule has 0 N–H and O–H groups in total. The molecule has 0 aliphatic carbocycles. The molecule has 0 aromatic heterocycles. The first-order valence-corrected chi connectivity index (χ1v) is 10.1. The zero-order valence-electron chi connectivity index (χ0n) is 15.7. The summed E-state index contributed by atoms with van der Waals surface area (Å²) in [5.41, 5.74) is 0.549. The fourth-order valence-corrected chi connectivity index (χ4v) is 3.88. The van der Waals surface area contributed by atoms with E-state index < -0.39 is 11.2 Å². The predicted octanol–water partition coefficient (Wildman–Crippen LogP) is 3.20. The predicted molar refractivity (Wildman–Crippen MR) is 108 cm³/mol. The number of carbonyl (C=O) groups is 2. The highest BCUT2D eigenvalue weighted by Gasteiger charge is 2.24. The Balaban J connectivity index is 1.43. The summed E-state index contributed by atoms with van der Waals surface area (Å²) in [5.74, 6) is -0.897. The van der Waals surface area contributed by atoms with E-state index in [-0.39, 0.29) is 18.3 Å². The molecule has 0 spiro atoms. The Hall–Kier alpha value is -2.54. The third-order valence-electron chi connectivity index (χ3n) is 4.55. The van der Waals surface area contributed by atoms with Crippen molar-refractivity contribution in [3.05, 3.63) is 60.4 Å². The number of piperazine rings is 1. The lowest BCUT2D eigenvalue weighted by molar-refractivity contribution is -0.151. The van der Waals surface area contributed by atoms with Crippen LogP contribution in [0.1, 0.15) is 6.92 Å². The number of esters is 1. The molecule has 1 amide bonds. The Kier molecular flexibility index (Phi) is 6.92. The second-order valence-electron chi connectivity index (χ2n) is 6.50. The van der Waals surface area contributed by atoms with Crippen LogP contribution in [0.25, 0.3) is 0 Å². The van der Waals surface area contributed by atoms with Crippen LogP contribution in [-0.4, -0.2) is 54.8 Å². The van der Waals surface area contributed by atoms with Crippen LogP contribution in [-0.2, 0) is 14.3 Å². The van der Waals surface area contributed by atoms with E-state index in [0.717, 1.165) is 4.90 Å². The van der Waals surface area contributed by atoms with Crippen LogP contribution in [0.15, 0.2) is 59.5 Å². The van der Waals surface area contributed by atoms with E-state index in [4.69, 9.17) is 4.74 Å². The second kappa shape index (κ2) is 9.59. The zero-order chi connectivity index (χ0) is 19.9. The number of benzene rings is 2. The highest BCUT2D eigenvalue weighted by atomic mass is 32.2. The van der Waals surface area contributed by atoms with Gasteiger partial charge in [-0.15, -0.1) is 11.8 Å². The number of hydrogen-bond donors (Lipinski definition) is 0. The lowest BCUT2D eigenvalue weighted by atomic mass is 10.2. The second-order valence-corrected chi connectivity index (χ2v) is 7.91. The van der Waals surface area contributed by atoms with Crippen LogP contribution in [0.4, 0.5) is 10.1 Å². The summed E-state index contributed by atoms with van der Waals surface area (Å²) in [6, 6.07) is 16.2. The highest BCUT2D eigenvalue weighted by Crippen LogP contribution is 2.23. The monoisotopic (exact) mass is 402 g/mol. The summed E-state index contributed by atoms with van der Waals surface area (Å²) in [7, 11) is 0. The molecule has 3 rings (SSSR count). The van der Waals surface area contributed by atoms with Crippen molar-refractivity contribution in [3.8, 4) is 0 Å². The molecule has 2 aromatic carbocycles. The molecule has 0 radical (unpaired) electrons. The van der Waals surface area contributed by atoms with Gasteiger partial charge < -0.3 is 14.5 Å². The SMILES string of the molecule is CC(Sc1ccccc1)C(=O)OCC(=O)N1CCN(c2ccccc2F)CC1. The number of hydrogen-bond acceptors (Lipinski definition) is 5. The van der Waals surface area contributed by atoms with Crippen LogP contribution in [0.3, 0.4) is 0 Å². The van der Waals surface area contributed by atoms with Gasteiger partial charge in [0.1, 0.15) is 11.1 Å². The van der Waals surface area contributed by atoms with Gasteiger partial charge in [-0.3, -0.25) is 9.59 Å². The molecule has 1 heterocycles. The number of halogens is 1. The lowest BCUT2D eigenvalue weighted by Crippen LogP contribution is -2.50. The fraction of sp³-hybridized carbons (Fsp3) is 0.333. The van der Waals surface area contributed by atoms with Gasteiger partial charge in [0.15, 0.2) is 6.61 Å². The van der Waals surface area contributed by atoms with E-state index in [2.05, 4.69) is 0 Å². The minimum atomic E-state index is -0.410. The standard InChI is InChI=1S/C21H23FN2O3S/c1-16(28-17-7-3-2-4-8-17)21(26)27-15-20(25)24-13-11-23(12-14-24)19-10-6-5-9-18(19)22/h2-10,16H,11-15H2,1H3. The summed E-state index contributed by atoms with van der Waals surface area (Å²) in [6.07, 6.45) is 0. The van der Waals surface area contributed by atoms with Crippen molar-refractivity contribution in [1.29, 1.82) is 0 Å². The Morgan fingerprint density at radius 1 is 1.04 bits per heavy atom. The molecule has 1 atom stereocenters. The van der Waals surface area contributed by atoms with Crippen LogP contribution in [0, 0.1) is 5.82 Å². The van der Waals surface area contributed by atoms with E-state index in [0.29, 0.717) is 31.9 Å². The van der Waals surface area contributed by atoms with Crippen LogP contribution in [0.2, 0.25) is 0 Å². The van der Waals surface area contributed by atoms with Crippen molar-refractivity contribution in [2.24, 2.45) is 0 Å². The average Bonchev–Trinajstić information content (AvgIpc) is 2.73. The Morgan fingerprint density at radius 3 is 2.36 bits per heavy atom. The van der Waals surface area contributed by atoms with Crippen molar-refractivity contribution < 1.29 is 18.7 Å². The van der Waals surface area contributed by atoms with Crippen molar-refractivity contribution >= 4 is 29.3 Å². The number of ether oxygens (including phenoxy) is 1. The zero-order valence-corrected chi connectivity index (χ0v) is 16.5. The number of anilines is 1. The number of amides is 1. The van der Waals surface area contributed by atoms with Crippen molar-refractivity contribution in [3.63, 3.8) is 0 Å². The van der Waals surface area contributed by atoms with Crippen molar-refractivity contribution in [2.75, 3.05) is 37.7 Å². The highest BCUT2D eigenvalue weighted by molar-refractivity contribution is 8.00. The molecule has 5 nitrogen and oxygen atoms in total. The van der Waals surface area contributed by atoms with E-state index in [1.54, 1.807) is 30.0 Å². The summed E-state index contributed by atoms with van der Waals surface area (Å²) >= 11 is 1.40. The van der Waals surface area contributed by atoms with E-state index in [1.165, 1.54) is 17.8 Å². The minimum absolute atomic E-state index is 0.224. The maximum absolute atomic E-state index is 13.9. The quantitative estimate of drug-likeness (QED) is 0.549. The maximum atomic E-state index is 13.9. The Bertz CT molecular complexity index is 810. The van der Waals surface area contributed by atoms with Gasteiger partial charge in [-0.1, -0.05) is 30.3 Å². The number of carbonyl (C=O) groups excluding carboxylic acids is 2. The van der Waals surface area contributed by atoms with Crippen molar-refractivity contribution in [1.82, 2.24) is 4.90 Å². The van der Waals surface area contributed by atoms with E-state index >= 15 is 0 Å². The smallest absolute Gasteiger partial charge is 0.319 e. The number of thioether (sulfide) groups is 1. The Morgan fingerprint density at radius 2 is 1.68 bits per heavy atom. The normalized spacial score (nSPS) is 15.2. The molecule has 1 aliphatic heterocycles. The topological polar surface area (TPSA) is 49.9 Å².